The summed E-state index contributed by atoms with van der Waals surface area (Å²) in [5, 5.41) is 2.57. The van der Waals surface area contributed by atoms with E-state index in [9.17, 15) is 17.6 Å². The molecule has 0 atom stereocenters. The van der Waals surface area contributed by atoms with Gasteiger partial charge in [0.25, 0.3) is 0 Å². The Hall–Kier alpha value is -2.65. The molecule has 1 aliphatic heterocycles. The van der Waals surface area contributed by atoms with Crippen molar-refractivity contribution in [2.24, 2.45) is 0 Å². The van der Waals surface area contributed by atoms with E-state index in [1.807, 2.05) is 0 Å². The van der Waals surface area contributed by atoms with Gasteiger partial charge in [-0.15, -0.1) is 0 Å². The standard InChI is InChI=1S/C18H19FN2O5S/c1-12-2-3-13(19)10-15(12)21-18(22)6-7-20-27(23,24)14-4-5-16-17(11-14)26-9-8-25-16/h2-5,10-11,20H,6-9H2,1H3,(H,21,22). The molecule has 0 radical (unpaired) electrons. The molecule has 0 unspecified atom stereocenters. The minimum absolute atomic E-state index is 0.0214. The smallest absolute Gasteiger partial charge is 0.240 e. The number of aryl methyl sites for hydroxylation is 1. The number of halogens is 1. The van der Waals surface area contributed by atoms with Crippen molar-refractivity contribution in [3.05, 3.63) is 47.8 Å². The summed E-state index contributed by atoms with van der Waals surface area (Å²) in [5.74, 6) is -0.0303. The van der Waals surface area contributed by atoms with Crippen molar-refractivity contribution in [3.63, 3.8) is 0 Å². The van der Waals surface area contributed by atoms with Gasteiger partial charge < -0.3 is 14.8 Å². The van der Waals surface area contributed by atoms with E-state index in [2.05, 4.69) is 10.0 Å². The molecule has 2 aromatic carbocycles. The Morgan fingerprint density at radius 3 is 2.63 bits per heavy atom. The second-order valence-electron chi connectivity index (χ2n) is 5.96. The maximum absolute atomic E-state index is 13.3. The third-order valence-corrected chi connectivity index (χ3v) is 5.40. The van der Waals surface area contributed by atoms with Crippen molar-refractivity contribution in [1.82, 2.24) is 4.72 Å². The fraction of sp³-hybridized carbons (Fsp3) is 0.278. The van der Waals surface area contributed by atoms with Gasteiger partial charge in [-0.2, -0.15) is 0 Å². The first-order valence-electron chi connectivity index (χ1n) is 8.30. The van der Waals surface area contributed by atoms with Gasteiger partial charge in [0.05, 0.1) is 4.90 Å². The van der Waals surface area contributed by atoms with Crippen molar-refractivity contribution >= 4 is 21.6 Å². The molecule has 0 fully saturated rings. The molecule has 0 spiro atoms. The molecule has 9 heteroatoms. The van der Waals surface area contributed by atoms with E-state index in [0.717, 1.165) is 0 Å². The molecule has 0 aliphatic carbocycles. The summed E-state index contributed by atoms with van der Waals surface area (Å²) in [6, 6.07) is 8.39. The fourth-order valence-corrected chi connectivity index (χ4v) is 3.56. The Morgan fingerprint density at radius 2 is 1.85 bits per heavy atom. The number of nitrogens with one attached hydrogen (secondary N) is 2. The number of hydrogen-bond donors (Lipinski definition) is 2. The number of fused-ring (bicyclic) bond motifs is 1. The zero-order chi connectivity index (χ0) is 19.4. The molecule has 2 aromatic rings. The molecule has 1 heterocycles. The number of sulfonamides is 1. The van der Waals surface area contributed by atoms with Crippen LogP contribution in [-0.4, -0.2) is 34.1 Å². The van der Waals surface area contributed by atoms with Crippen molar-refractivity contribution < 1.29 is 27.1 Å². The van der Waals surface area contributed by atoms with Crippen molar-refractivity contribution in [2.45, 2.75) is 18.2 Å². The maximum Gasteiger partial charge on any atom is 0.240 e. The number of benzene rings is 2. The molecule has 0 saturated heterocycles. The SMILES string of the molecule is Cc1ccc(F)cc1NC(=O)CCNS(=O)(=O)c1ccc2c(c1)OCCO2. The van der Waals surface area contributed by atoms with Crippen LogP contribution in [0.4, 0.5) is 10.1 Å². The van der Waals surface area contributed by atoms with E-state index in [0.29, 0.717) is 36.0 Å². The highest BCUT2D eigenvalue weighted by atomic mass is 32.2. The zero-order valence-corrected chi connectivity index (χ0v) is 15.4. The number of carbonyl (C=O) groups excluding carboxylic acids is 1. The summed E-state index contributed by atoms with van der Waals surface area (Å²) < 4.78 is 51.1. The largest absolute Gasteiger partial charge is 0.486 e. The van der Waals surface area contributed by atoms with E-state index >= 15 is 0 Å². The second-order valence-corrected chi connectivity index (χ2v) is 7.73. The van der Waals surface area contributed by atoms with Crippen LogP contribution in [0.25, 0.3) is 0 Å². The molecule has 144 valence electrons. The molecule has 1 amide bonds. The number of rotatable bonds is 6. The number of anilines is 1. The Balaban J connectivity index is 1.57. The molecule has 0 bridgehead atoms. The average molecular weight is 394 g/mol. The molecular weight excluding hydrogens is 375 g/mol. The van der Waals surface area contributed by atoms with E-state index < -0.39 is 21.7 Å². The van der Waals surface area contributed by atoms with Gasteiger partial charge in [0.15, 0.2) is 11.5 Å². The van der Waals surface area contributed by atoms with Gasteiger partial charge in [0, 0.05) is 24.7 Å². The van der Waals surface area contributed by atoms with Crippen LogP contribution in [0.15, 0.2) is 41.3 Å². The summed E-state index contributed by atoms with van der Waals surface area (Å²) in [6.07, 6.45) is -0.0975. The van der Waals surface area contributed by atoms with Crippen molar-refractivity contribution in [3.8, 4) is 11.5 Å². The monoisotopic (exact) mass is 394 g/mol. The lowest BCUT2D eigenvalue weighted by atomic mass is 10.2. The lowest BCUT2D eigenvalue weighted by Gasteiger charge is -2.18. The molecule has 0 saturated carbocycles. The van der Waals surface area contributed by atoms with Crippen molar-refractivity contribution in [1.29, 1.82) is 0 Å². The third kappa shape index (κ3) is 4.75. The minimum Gasteiger partial charge on any atom is -0.486 e. The Labute approximate surface area is 156 Å². The van der Waals surface area contributed by atoms with Gasteiger partial charge in [-0.25, -0.2) is 17.5 Å². The van der Waals surface area contributed by atoms with Gasteiger partial charge in [-0.3, -0.25) is 4.79 Å². The van der Waals surface area contributed by atoms with Crippen LogP contribution in [0.1, 0.15) is 12.0 Å². The summed E-state index contributed by atoms with van der Waals surface area (Å²) in [7, 11) is -3.80. The highest BCUT2D eigenvalue weighted by Crippen LogP contribution is 2.32. The molecule has 0 aromatic heterocycles. The van der Waals surface area contributed by atoms with Crippen LogP contribution < -0.4 is 19.5 Å². The van der Waals surface area contributed by atoms with Gasteiger partial charge in [-0.1, -0.05) is 6.07 Å². The van der Waals surface area contributed by atoms with E-state index in [1.54, 1.807) is 13.0 Å². The van der Waals surface area contributed by atoms with Crippen LogP contribution in [0.5, 0.6) is 11.5 Å². The van der Waals surface area contributed by atoms with Crippen LogP contribution in [0, 0.1) is 12.7 Å². The van der Waals surface area contributed by atoms with Gasteiger partial charge in [-0.05, 0) is 36.8 Å². The summed E-state index contributed by atoms with van der Waals surface area (Å²) >= 11 is 0. The number of carbonyl (C=O) groups is 1. The summed E-state index contributed by atoms with van der Waals surface area (Å²) in [6.45, 7) is 2.40. The van der Waals surface area contributed by atoms with Gasteiger partial charge in [0.2, 0.25) is 15.9 Å². The van der Waals surface area contributed by atoms with E-state index in [1.165, 1.54) is 30.3 Å². The quantitative estimate of drug-likeness (QED) is 0.784. The predicted molar refractivity (Wildman–Crippen MR) is 97.0 cm³/mol. The first kappa shape index (κ1) is 19.1. The molecular formula is C18H19FN2O5S. The Kier molecular flexibility index (Phi) is 5.62. The molecule has 1 aliphatic rings. The lowest BCUT2D eigenvalue weighted by Crippen LogP contribution is -2.28. The first-order valence-corrected chi connectivity index (χ1v) is 9.79. The predicted octanol–water partition coefficient (Wildman–Crippen LogP) is 2.21. The minimum atomic E-state index is -3.80. The van der Waals surface area contributed by atoms with Crippen LogP contribution in [-0.2, 0) is 14.8 Å². The average Bonchev–Trinajstić information content (AvgIpc) is 2.64. The normalized spacial score (nSPS) is 13.3. The molecule has 7 nitrogen and oxygen atoms in total. The van der Waals surface area contributed by atoms with E-state index in [-0.39, 0.29) is 17.9 Å². The number of ether oxygens (including phenoxy) is 2. The highest BCUT2D eigenvalue weighted by Gasteiger charge is 2.19. The maximum atomic E-state index is 13.3. The van der Waals surface area contributed by atoms with Crippen LogP contribution >= 0.6 is 0 Å². The van der Waals surface area contributed by atoms with Crippen molar-refractivity contribution in [2.75, 3.05) is 25.1 Å². The van der Waals surface area contributed by atoms with Gasteiger partial charge >= 0.3 is 0 Å². The number of hydrogen-bond acceptors (Lipinski definition) is 5. The van der Waals surface area contributed by atoms with E-state index in [4.69, 9.17) is 9.47 Å². The second kappa shape index (κ2) is 7.93. The topological polar surface area (TPSA) is 93.7 Å². The van der Waals surface area contributed by atoms with Crippen LogP contribution in [0.2, 0.25) is 0 Å². The molecule has 27 heavy (non-hydrogen) atoms. The summed E-state index contributed by atoms with van der Waals surface area (Å²) in [5.41, 5.74) is 1.07. The lowest BCUT2D eigenvalue weighted by molar-refractivity contribution is -0.116. The zero-order valence-electron chi connectivity index (χ0n) is 14.6. The number of amides is 1. The third-order valence-electron chi connectivity index (χ3n) is 3.94. The van der Waals surface area contributed by atoms with Crippen LogP contribution in [0.3, 0.4) is 0 Å². The Morgan fingerprint density at radius 1 is 1.11 bits per heavy atom. The molecule has 2 N–H and O–H groups in total. The fourth-order valence-electron chi connectivity index (χ4n) is 2.51. The highest BCUT2D eigenvalue weighted by molar-refractivity contribution is 7.89. The molecule has 3 rings (SSSR count). The van der Waals surface area contributed by atoms with Gasteiger partial charge in [0.1, 0.15) is 19.0 Å². The first-order chi connectivity index (χ1) is 12.8. The Bertz CT molecular complexity index is 962. The summed E-state index contributed by atoms with van der Waals surface area (Å²) in [4.78, 5) is 12.0.